The molecule has 0 radical (unpaired) electrons. The number of aliphatic hydroxyl groups is 2. The van der Waals surface area contributed by atoms with E-state index in [1.807, 2.05) is 22.2 Å². The molecule has 1 saturated heterocycles. The van der Waals surface area contributed by atoms with Crippen LogP contribution in [-0.2, 0) is 16.0 Å². The smallest absolute Gasteiger partial charge is 0.226 e. The molecule has 3 N–H and O–H groups in total. The van der Waals surface area contributed by atoms with E-state index >= 15 is 0 Å². The predicted octanol–water partition coefficient (Wildman–Crippen LogP) is -0.436. The third kappa shape index (κ3) is 2.93. The highest BCUT2D eigenvalue weighted by atomic mass is 32.1. The number of hydrogen-bond donors (Lipinski definition) is 3. The van der Waals surface area contributed by atoms with Gasteiger partial charge in [-0.2, -0.15) is 0 Å². The maximum Gasteiger partial charge on any atom is 0.226 e. The van der Waals surface area contributed by atoms with Crippen molar-refractivity contribution < 1.29 is 19.7 Å². The van der Waals surface area contributed by atoms with Crippen molar-refractivity contribution in [1.29, 1.82) is 0 Å². The standard InChI is InChI=1S/C13H17N3O4S/c1-7-11(18)12(19)9(20-7)5-14-10(17)4-8-6-16-2-3-21-13(16)15-8/h2-3,6-7,9,11-12,18-19H,4-5H2,1H3,(H,14,17). The predicted molar refractivity (Wildman–Crippen MR) is 76.1 cm³/mol. The monoisotopic (exact) mass is 311 g/mol. The molecule has 1 fully saturated rings. The molecule has 0 aliphatic carbocycles. The number of fused-ring (bicyclic) bond motifs is 1. The minimum absolute atomic E-state index is 0.170. The molecule has 2 aromatic heterocycles. The van der Waals surface area contributed by atoms with Crippen LogP contribution in [0.15, 0.2) is 17.8 Å². The van der Waals surface area contributed by atoms with Gasteiger partial charge < -0.3 is 20.3 Å². The minimum atomic E-state index is -0.974. The van der Waals surface area contributed by atoms with Gasteiger partial charge in [0.05, 0.1) is 18.2 Å². The number of carbonyl (C=O) groups excluding carboxylic acids is 1. The molecule has 1 aliphatic heterocycles. The number of aromatic nitrogens is 2. The third-order valence-corrected chi connectivity index (χ3v) is 4.36. The molecule has 2 aromatic rings. The summed E-state index contributed by atoms with van der Waals surface area (Å²) in [7, 11) is 0. The highest BCUT2D eigenvalue weighted by molar-refractivity contribution is 7.15. The second-order valence-electron chi connectivity index (χ2n) is 5.17. The Bertz CT molecular complexity index is 612. The van der Waals surface area contributed by atoms with E-state index in [0.29, 0.717) is 5.69 Å². The number of ether oxygens (including phenoxy) is 1. The van der Waals surface area contributed by atoms with E-state index in [0.717, 1.165) is 4.96 Å². The quantitative estimate of drug-likeness (QED) is 0.712. The van der Waals surface area contributed by atoms with E-state index in [4.69, 9.17) is 4.74 Å². The van der Waals surface area contributed by atoms with Crippen LogP contribution in [0.3, 0.4) is 0 Å². The van der Waals surface area contributed by atoms with Gasteiger partial charge in [0, 0.05) is 24.3 Å². The Kier molecular flexibility index (Phi) is 3.94. The van der Waals surface area contributed by atoms with Crippen molar-refractivity contribution in [2.24, 2.45) is 0 Å². The van der Waals surface area contributed by atoms with Crippen molar-refractivity contribution in [1.82, 2.24) is 14.7 Å². The highest BCUT2D eigenvalue weighted by Crippen LogP contribution is 2.20. The van der Waals surface area contributed by atoms with Gasteiger partial charge in [-0.15, -0.1) is 11.3 Å². The van der Waals surface area contributed by atoms with Crippen molar-refractivity contribution in [3.63, 3.8) is 0 Å². The Morgan fingerprint density at radius 2 is 2.33 bits per heavy atom. The lowest BCUT2D eigenvalue weighted by Crippen LogP contribution is -2.40. The maximum absolute atomic E-state index is 11.9. The summed E-state index contributed by atoms with van der Waals surface area (Å²) in [6.07, 6.45) is 0.990. The average Bonchev–Trinajstić information content (AvgIpc) is 3.07. The van der Waals surface area contributed by atoms with Crippen molar-refractivity contribution in [2.75, 3.05) is 6.54 Å². The molecular formula is C13H17N3O4S. The average molecular weight is 311 g/mol. The van der Waals surface area contributed by atoms with Crippen molar-refractivity contribution in [3.8, 4) is 0 Å². The van der Waals surface area contributed by atoms with Crippen LogP contribution in [0.2, 0.25) is 0 Å². The molecule has 0 spiro atoms. The molecule has 7 nitrogen and oxygen atoms in total. The molecule has 8 heteroatoms. The van der Waals surface area contributed by atoms with Gasteiger partial charge in [0.25, 0.3) is 0 Å². The van der Waals surface area contributed by atoms with Gasteiger partial charge in [0.1, 0.15) is 18.3 Å². The van der Waals surface area contributed by atoms with E-state index in [-0.39, 0.29) is 18.9 Å². The molecule has 4 atom stereocenters. The first-order chi connectivity index (χ1) is 10.0. The lowest BCUT2D eigenvalue weighted by Gasteiger charge is -2.15. The zero-order valence-electron chi connectivity index (χ0n) is 11.5. The Labute approximate surface area is 125 Å². The number of aliphatic hydroxyl groups excluding tert-OH is 2. The van der Waals surface area contributed by atoms with Crippen LogP contribution in [0.1, 0.15) is 12.6 Å². The zero-order chi connectivity index (χ0) is 15.0. The van der Waals surface area contributed by atoms with Crippen molar-refractivity contribution in [2.45, 2.75) is 37.8 Å². The molecule has 0 saturated carbocycles. The molecular weight excluding hydrogens is 294 g/mol. The largest absolute Gasteiger partial charge is 0.388 e. The SMILES string of the molecule is CC1OC(CNC(=O)Cc2cn3ccsc3n2)C(O)C1O. The Balaban J connectivity index is 1.51. The summed E-state index contributed by atoms with van der Waals surface area (Å²) in [6.45, 7) is 1.86. The number of nitrogens with zero attached hydrogens (tertiary/aromatic N) is 2. The third-order valence-electron chi connectivity index (χ3n) is 3.59. The molecule has 0 aromatic carbocycles. The van der Waals surface area contributed by atoms with Crippen molar-refractivity contribution in [3.05, 3.63) is 23.5 Å². The number of imidazole rings is 1. The van der Waals surface area contributed by atoms with Crippen LogP contribution in [-0.4, -0.2) is 56.5 Å². The van der Waals surface area contributed by atoms with Gasteiger partial charge in [-0.3, -0.25) is 9.20 Å². The fraction of sp³-hybridized carbons (Fsp3) is 0.538. The van der Waals surface area contributed by atoms with Crippen LogP contribution >= 0.6 is 11.3 Å². The van der Waals surface area contributed by atoms with Crippen LogP contribution in [0.4, 0.5) is 0 Å². The normalized spacial score (nSPS) is 29.1. The van der Waals surface area contributed by atoms with E-state index < -0.39 is 24.4 Å². The number of nitrogens with one attached hydrogen (secondary N) is 1. The first-order valence-electron chi connectivity index (χ1n) is 6.74. The fourth-order valence-corrected chi connectivity index (χ4v) is 3.12. The number of rotatable bonds is 4. The second-order valence-corrected chi connectivity index (χ2v) is 6.04. The van der Waals surface area contributed by atoms with Gasteiger partial charge in [-0.05, 0) is 6.92 Å². The first-order valence-corrected chi connectivity index (χ1v) is 7.62. The van der Waals surface area contributed by atoms with Gasteiger partial charge in [0.2, 0.25) is 5.91 Å². The summed E-state index contributed by atoms with van der Waals surface area (Å²) in [4.78, 5) is 17.1. The van der Waals surface area contributed by atoms with Gasteiger partial charge in [0.15, 0.2) is 4.96 Å². The summed E-state index contributed by atoms with van der Waals surface area (Å²) in [5.74, 6) is -0.189. The summed E-state index contributed by atoms with van der Waals surface area (Å²) >= 11 is 1.51. The highest BCUT2D eigenvalue weighted by Gasteiger charge is 2.39. The van der Waals surface area contributed by atoms with Crippen LogP contribution in [0, 0.1) is 0 Å². The van der Waals surface area contributed by atoms with Crippen LogP contribution < -0.4 is 5.32 Å². The summed E-state index contributed by atoms with van der Waals surface area (Å²) in [5.41, 5.74) is 0.695. The van der Waals surface area contributed by atoms with E-state index in [9.17, 15) is 15.0 Å². The number of thiazole rings is 1. The molecule has 0 bridgehead atoms. The fourth-order valence-electron chi connectivity index (χ4n) is 2.41. The Morgan fingerprint density at radius 1 is 1.52 bits per heavy atom. The number of hydrogen-bond acceptors (Lipinski definition) is 6. The summed E-state index contributed by atoms with van der Waals surface area (Å²) in [6, 6.07) is 0. The Morgan fingerprint density at radius 3 is 3.00 bits per heavy atom. The first kappa shape index (κ1) is 14.5. The number of carbonyl (C=O) groups is 1. The van der Waals surface area contributed by atoms with Crippen molar-refractivity contribution >= 4 is 22.2 Å². The second kappa shape index (κ2) is 5.72. The molecule has 1 amide bonds. The van der Waals surface area contributed by atoms with E-state index in [1.54, 1.807) is 6.92 Å². The zero-order valence-corrected chi connectivity index (χ0v) is 12.3. The molecule has 1 aliphatic rings. The lowest BCUT2D eigenvalue weighted by molar-refractivity contribution is -0.121. The summed E-state index contributed by atoms with van der Waals surface area (Å²) in [5, 5.41) is 24.0. The molecule has 3 heterocycles. The lowest BCUT2D eigenvalue weighted by atomic mass is 10.1. The molecule has 114 valence electrons. The minimum Gasteiger partial charge on any atom is -0.388 e. The molecule has 4 unspecified atom stereocenters. The molecule has 3 rings (SSSR count). The van der Waals surface area contributed by atoms with Crippen LogP contribution in [0.25, 0.3) is 4.96 Å². The maximum atomic E-state index is 11.9. The molecule has 21 heavy (non-hydrogen) atoms. The number of amides is 1. The topological polar surface area (TPSA) is 96.1 Å². The summed E-state index contributed by atoms with van der Waals surface area (Å²) < 4.78 is 7.26. The van der Waals surface area contributed by atoms with Gasteiger partial charge >= 0.3 is 0 Å². The van der Waals surface area contributed by atoms with Gasteiger partial charge in [-0.1, -0.05) is 0 Å². The van der Waals surface area contributed by atoms with E-state index in [1.165, 1.54) is 11.3 Å². The van der Waals surface area contributed by atoms with E-state index in [2.05, 4.69) is 10.3 Å². The Hall–Kier alpha value is -1.48. The van der Waals surface area contributed by atoms with Crippen LogP contribution in [0.5, 0.6) is 0 Å². The van der Waals surface area contributed by atoms with Gasteiger partial charge in [-0.25, -0.2) is 4.98 Å².